The van der Waals surface area contributed by atoms with Gasteiger partial charge in [-0.25, -0.2) is 0 Å². The number of aryl methyl sites for hydroxylation is 1. The Morgan fingerprint density at radius 1 is 1.50 bits per heavy atom. The fourth-order valence-corrected chi connectivity index (χ4v) is 1.30. The lowest BCUT2D eigenvalue weighted by atomic mass is 10.1. The summed E-state index contributed by atoms with van der Waals surface area (Å²) in [4.78, 5) is 10.1. The predicted octanol–water partition coefficient (Wildman–Crippen LogP) is 3.14. The van der Waals surface area contributed by atoms with E-state index < -0.39 is 0 Å². The first-order chi connectivity index (χ1) is 6.74. The lowest BCUT2D eigenvalue weighted by Gasteiger charge is -1.99. The number of hydrogen-bond acceptors (Lipinski definition) is 2. The molecule has 3 nitrogen and oxygen atoms in total. The second-order valence-electron chi connectivity index (χ2n) is 3.16. The summed E-state index contributed by atoms with van der Waals surface area (Å²) in [7, 11) is 0. The van der Waals surface area contributed by atoms with E-state index in [1.54, 1.807) is 12.1 Å². The lowest BCUT2D eigenvalue weighted by Crippen LogP contribution is -1.90. The van der Waals surface area contributed by atoms with Crippen LogP contribution in [0.2, 0.25) is 0 Å². The summed E-state index contributed by atoms with van der Waals surface area (Å²) in [5.41, 5.74) is 1.21. The summed E-state index contributed by atoms with van der Waals surface area (Å²) >= 11 is 0. The number of rotatable bonds is 5. The van der Waals surface area contributed by atoms with Gasteiger partial charge in [0.15, 0.2) is 0 Å². The maximum atomic E-state index is 10.5. The lowest BCUT2D eigenvalue weighted by molar-refractivity contribution is -0.384. The van der Waals surface area contributed by atoms with E-state index in [-0.39, 0.29) is 10.6 Å². The van der Waals surface area contributed by atoms with Gasteiger partial charge < -0.3 is 0 Å². The van der Waals surface area contributed by atoms with Crippen molar-refractivity contribution in [2.45, 2.75) is 26.2 Å². The summed E-state index contributed by atoms with van der Waals surface area (Å²) in [5, 5.41) is 10.5. The number of hydrogen-bond donors (Lipinski definition) is 0. The molecule has 0 aliphatic rings. The van der Waals surface area contributed by atoms with Crippen molar-refractivity contribution in [2.75, 3.05) is 0 Å². The van der Waals surface area contributed by atoms with Gasteiger partial charge in [0, 0.05) is 12.1 Å². The maximum Gasteiger partial charge on any atom is 0.269 e. The molecule has 0 N–H and O–H groups in total. The minimum absolute atomic E-state index is 0.180. The van der Waals surface area contributed by atoms with Gasteiger partial charge >= 0.3 is 0 Å². The van der Waals surface area contributed by atoms with E-state index in [1.165, 1.54) is 6.07 Å². The van der Waals surface area contributed by atoms with E-state index in [9.17, 15) is 10.1 Å². The van der Waals surface area contributed by atoms with Crippen molar-refractivity contribution in [3.05, 3.63) is 46.4 Å². The Morgan fingerprint density at radius 3 is 2.93 bits per heavy atom. The molecule has 1 aromatic rings. The van der Waals surface area contributed by atoms with Crippen LogP contribution in [0.4, 0.5) is 5.69 Å². The maximum absolute atomic E-state index is 10.5. The standard InChI is InChI=1S/C11H14NO2/c1-2-3-4-6-10-7-5-8-11(9-10)12(13)14/h3,5,7-9H,2,4,6H2,1H3. The number of nitrogens with zero attached hydrogens (tertiary/aromatic N) is 1. The SMILES string of the molecule is CC[CH]CCc1cccc([N+](=O)[O-])c1. The van der Waals surface area contributed by atoms with Crippen molar-refractivity contribution in [3.8, 4) is 0 Å². The van der Waals surface area contributed by atoms with Gasteiger partial charge in [-0.3, -0.25) is 10.1 Å². The summed E-state index contributed by atoms with van der Waals surface area (Å²) in [6.07, 6.45) is 5.10. The third-order valence-electron chi connectivity index (χ3n) is 2.05. The first kappa shape index (κ1) is 10.7. The van der Waals surface area contributed by atoms with E-state index in [4.69, 9.17) is 0 Å². The summed E-state index contributed by atoms with van der Waals surface area (Å²) in [6, 6.07) is 6.83. The van der Waals surface area contributed by atoms with Crippen LogP contribution in [-0.2, 0) is 6.42 Å². The Morgan fingerprint density at radius 2 is 2.29 bits per heavy atom. The zero-order valence-electron chi connectivity index (χ0n) is 8.27. The van der Waals surface area contributed by atoms with Crippen LogP contribution >= 0.6 is 0 Å². The second kappa shape index (κ2) is 5.37. The Labute approximate surface area is 83.9 Å². The molecule has 0 unspecified atom stereocenters. The highest BCUT2D eigenvalue weighted by Crippen LogP contribution is 2.14. The van der Waals surface area contributed by atoms with Gasteiger partial charge in [0.05, 0.1) is 4.92 Å². The summed E-state index contributed by atoms with van der Waals surface area (Å²) < 4.78 is 0. The molecule has 0 fully saturated rings. The van der Waals surface area contributed by atoms with Gasteiger partial charge in [0.25, 0.3) is 5.69 Å². The van der Waals surface area contributed by atoms with Crippen LogP contribution < -0.4 is 0 Å². The van der Waals surface area contributed by atoms with Crippen LogP contribution in [0.25, 0.3) is 0 Å². The number of benzene rings is 1. The molecule has 1 rings (SSSR count). The van der Waals surface area contributed by atoms with E-state index in [0.717, 1.165) is 24.8 Å². The normalized spacial score (nSPS) is 10.1. The van der Waals surface area contributed by atoms with Crippen molar-refractivity contribution in [3.63, 3.8) is 0 Å². The fraction of sp³-hybridized carbons (Fsp3) is 0.364. The molecule has 0 aliphatic heterocycles. The van der Waals surface area contributed by atoms with Crippen LogP contribution in [0.1, 0.15) is 25.3 Å². The number of non-ortho nitro benzene ring substituents is 1. The highest BCUT2D eigenvalue weighted by Gasteiger charge is 2.04. The topological polar surface area (TPSA) is 43.1 Å². The van der Waals surface area contributed by atoms with E-state index in [2.05, 4.69) is 13.3 Å². The molecule has 0 heterocycles. The molecule has 75 valence electrons. The molecule has 0 spiro atoms. The number of nitro benzene ring substituents is 1. The van der Waals surface area contributed by atoms with Crippen LogP contribution in [-0.4, -0.2) is 4.92 Å². The van der Waals surface area contributed by atoms with Gasteiger partial charge in [-0.2, -0.15) is 0 Å². The van der Waals surface area contributed by atoms with E-state index in [1.807, 2.05) is 6.07 Å². The zero-order chi connectivity index (χ0) is 10.4. The molecule has 0 saturated heterocycles. The van der Waals surface area contributed by atoms with E-state index in [0.29, 0.717) is 0 Å². The van der Waals surface area contributed by atoms with Gasteiger partial charge in [-0.05, 0) is 24.8 Å². The van der Waals surface area contributed by atoms with Crippen molar-refractivity contribution in [2.24, 2.45) is 0 Å². The average molecular weight is 192 g/mol. The Bertz CT molecular complexity index is 310. The molecule has 0 saturated carbocycles. The third kappa shape index (κ3) is 3.17. The zero-order valence-corrected chi connectivity index (χ0v) is 8.27. The summed E-state index contributed by atoms with van der Waals surface area (Å²) in [6.45, 7) is 2.09. The molecule has 0 aromatic heterocycles. The Kier molecular flexibility index (Phi) is 4.11. The number of unbranched alkanes of at least 4 members (excludes halogenated alkanes) is 2. The van der Waals surface area contributed by atoms with Gasteiger partial charge in [-0.15, -0.1) is 0 Å². The average Bonchev–Trinajstić information content (AvgIpc) is 2.19. The smallest absolute Gasteiger partial charge is 0.258 e. The summed E-state index contributed by atoms with van der Waals surface area (Å²) in [5.74, 6) is 0. The Hall–Kier alpha value is -1.38. The van der Waals surface area contributed by atoms with Crippen molar-refractivity contribution in [1.29, 1.82) is 0 Å². The molecule has 0 aliphatic carbocycles. The molecule has 3 heteroatoms. The van der Waals surface area contributed by atoms with Crippen LogP contribution in [0.15, 0.2) is 24.3 Å². The Balaban J connectivity index is 2.59. The predicted molar refractivity (Wildman–Crippen MR) is 56.0 cm³/mol. The van der Waals surface area contributed by atoms with Gasteiger partial charge in [0.2, 0.25) is 0 Å². The third-order valence-corrected chi connectivity index (χ3v) is 2.05. The first-order valence-corrected chi connectivity index (χ1v) is 4.79. The quantitative estimate of drug-likeness (QED) is 0.408. The second-order valence-corrected chi connectivity index (χ2v) is 3.16. The van der Waals surface area contributed by atoms with E-state index >= 15 is 0 Å². The number of nitro groups is 1. The minimum atomic E-state index is -0.354. The van der Waals surface area contributed by atoms with Crippen molar-refractivity contribution >= 4 is 5.69 Å². The minimum Gasteiger partial charge on any atom is -0.258 e. The fourth-order valence-electron chi connectivity index (χ4n) is 1.30. The highest BCUT2D eigenvalue weighted by atomic mass is 16.6. The van der Waals surface area contributed by atoms with Crippen LogP contribution in [0.3, 0.4) is 0 Å². The largest absolute Gasteiger partial charge is 0.269 e. The molecular weight excluding hydrogens is 178 g/mol. The molecule has 1 radical (unpaired) electrons. The van der Waals surface area contributed by atoms with Gasteiger partial charge in [-0.1, -0.05) is 25.5 Å². The monoisotopic (exact) mass is 192 g/mol. The highest BCUT2D eigenvalue weighted by molar-refractivity contribution is 5.34. The van der Waals surface area contributed by atoms with Crippen molar-refractivity contribution in [1.82, 2.24) is 0 Å². The first-order valence-electron chi connectivity index (χ1n) is 4.79. The molecule has 14 heavy (non-hydrogen) atoms. The molecule has 0 amide bonds. The van der Waals surface area contributed by atoms with Crippen LogP contribution in [0.5, 0.6) is 0 Å². The molecule has 0 atom stereocenters. The molecular formula is C11H14NO2. The molecule has 0 bridgehead atoms. The van der Waals surface area contributed by atoms with Crippen molar-refractivity contribution < 1.29 is 4.92 Å². The molecule has 1 aromatic carbocycles. The van der Waals surface area contributed by atoms with Crippen LogP contribution in [0, 0.1) is 16.5 Å². The van der Waals surface area contributed by atoms with Gasteiger partial charge in [0.1, 0.15) is 0 Å².